The third-order valence-corrected chi connectivity index (χ3v) is 7.04. The molecular formula is C29H44N10O9. The van der Waals surface area contributed by atoms with E-state index in [1.165, 1.54) is 0 Å². The number of hydrogen-bond acceptors (Lipinski definition) is 10. The summed E-state index contributed by atoms with van der Waals surface area (Å²) in [5.41, 5.74) is 11.4. The lowest BCUT2D eigenvalue weighted by atomic mass is 10.0. The van der Waals surface area contributed by atoms with Crippen molar-refractivity contribution >= 4 is 47.4 Å². The molecule has 264 valence electrons. The molecule has 1 aromatic carbocycles. The van der Waals surface area contributed by atoms with Gasteiger partial charge in [0, 0.05) is 19.5 Å². The number of carboxylic acids is 1. The minimum atomic E-state index is -1.59. The third kappa shape index (κ3) is 14.9. The summed E-state index contributed by atoms with van der Waals surface area (Å²) in [7, 11) is 0. The van der Waals surface area contributed by atoms with Gasteiger partial charge in [0.2, 0.25) is 35.4 Å². The van der Waals surface area contributed by atoms with Gasteiger partial charge in [0.1, 0.15) is 30.8 Å². The molecule has 0 spiro atoms. The van der Waals surface area contributed by atoms with Crippen molar-refractivity contribution < 1.29 is 43.5 Å². The molecule has 6 amide bonds. The summed E-state index contributed by atoms with van der Waals surface area (Å²) in [6.45, 7) is -0.623. The van der Waals surface area contributed by atoms with Gasteiger partial charge >= 0.3 is 5.97 Å². The highest BCUT2D eigenvalue weighted by Crippen LogP contribution is 2.09. The summed E-state index contributed by atoms with van der Waals surface area (Å²) in [5.74, 6) is -1.20. The van der Waals surface area contributed by atoms with E-state index >= 15 is 0 Å². The van der Waals surface area contributed by atoms with Gasteiger partial charge in [-0.2, -0.15) is 0 Å². The zero-order valence-corrected chi connectivity index (χ0v) is 26.4. The standard InChI is InChI=1S/C29H44N10O9/c30-29(31)34-12-6-10-18-25(44)35-15-22(40)36-21(14-24(42)43)28(47)39-20(13-17-7-2-1-3-8-17)27(46)38-19(26(45)37-18)9-4-5-11-33-23(41)16-48-32/h1-3,7-8,18-21H,4-6,9-16,32H2,(H,33,41)(H,35,44)(H,36,40)(H,37,45)(H,38,46)(H,39,47)(H,42,43)(H4,30,31,34)/t18-,19-,20-,21-/m0/s1. The van der Waals surface area contributed by atoms with E-state index in [4.69, 9.17) is 17.4 Å². The fraction of sp³-hybridized carbons (Fsp3) is 0.517. The highest BCUT2D eigenvalue weighted by Gasteiger charge is 2.33. The van der Waals surface area contributed by atoms with Crippen LogP contribution in [0.4, 0.5) is 0 Å². The first-order valence-electron chi connectivity index (χ1n) is 15.3. The van der Waals surface area contributed by atoms with Crippen molar-refractivity contribution in [2.75, 3.05) is 26.2 Å². The van der Waals surface area contributed by atoms with E-state index < -0.39 is 78.5 Å². The summed E-state index contributed by atoms with van der Waals surface area (Å²) < 4.78 is 0. The van der Waals surface area contributed by atoms with E-state index in [0.29, 0.717) is 18.4 Å². The number of nitrogens with zero attached hydrogens (tertiary/aromatic N) is 1. The zero-order chi connectivity index (χ0) is 35.5. The van der Waals surface area contributed by atoms with Gasteiger partial charge in [0.05, 0.1) is 13.0 Å². The lowest BCUT2D eigenvalue weighted by Crippen LogP contribution is -2.58. The first kappa shape index (κ1) is 38.9. The molecule has 0 radical (unpaired) electrons. The highest BCUT2D eigenvalue weighted by atomic mass is 16.6. The van der Waals surface area contributed by atoms with Crippen LogP contribution >= 0.6 is 0 Å². The van der Waals surface area contributed by atoms with Crippen LogP contribution in [0.2, 0.25) is 0 Å². The lowest BCUT2D eigenvalue weighted by molar-refractivity contribution is -0.141. The average molecular weight is 677 g/mol. The number of carbonyl (C=O) groups is 7. The molecule has 1 heterocycles. The molecule has 1 saturated heterocycles. The Hall–Kier alpha value is -5.30. The van der Waals surface area contributed by atoms with Gasteiger partial charge in [-0.15, -0.1) is 0 Å². The van der Waals surface area contributed by atoms with E-state index in [1.54, 1.807) is 30.3 Å². The molecule has 1 aromatic rings. The Balaban J connectivity index is 2.41. The van der Waals surface area contributed by atoms with Crippen LogP contribution in [0, 0.1) is 0 Å². The lowest BCUT2D eigenvalue weighted by Gasteiger charge is -2.26. The van der Waals surface area contributed by atoms with E-state index in [0.717, 1.165) is 0 Å². The molecule has 1 aliphatic rings. The third-order valence-electron chi connectivity index (χ3n) is 7.04. The SMILES string of the molecule is NOCC(=O)NCCCC[C@@H]1NC(=O)[C@H](Cc2ccccc2)NC(=O)[C@H](CC(=O)O)NC(=O)CNC(=O)[C@H](CCCN=C(N)N)NC1=O. The Kier molecular flexibility index (Phi) is 16.8. The van der Waals surface area contributed by atoms with Gasteiger partial charge in [-0.1, -0.05) is 30.3 Å². The molecule has 19 heteroatoms. The van der Waals surface area contributed by atoms with Crippen molar-refractivity contribution in [3.05, 3.63) is 35.9 Å². The fourth-order valence-electron chi connectivity index (χ4n) is 4.67. The van der Waals surface area contributed by atoms with E-state index in [-0.39, 0.29) is 51.3 Å². The Morgan fingerprint density at radius 2 is 1.44 bits per heavy atom. The van der Waals surface area contributed by atoms with Crippen molar-refractivity contribution in [1.82, 2.24) is 31.9 Å². The molecule has 13 N–H and O–H groups in total. The molecule has 0 saturated carbocycles. The van der Waals surface area contributed by atoms with Crippen LogP contribution < -0.4 is 49.3 Å². The van der Waals surface area contributed by atoms with Crippen LogP contribution in [0.25, 0.3) is 0 Å². The summed E-state index contributed by atoms with van der Waals surface area (Å²) >= 11 is 0. The van der Waals surface area contributed by atoms with E-state index in [9.17, 15) is 38.7 Å². The molecule has 48 heavy (non-hydrogen) atoms. The predicted molar refractivity (Wildman–Crippen MR) is 170 cm³/mol. The highest BCUT2D eigenvalue weighted by molar-refractivity contribution is 5.98. The minimum Gasteiger partial charge on any atom is -0.481 e. The molecule has 0 aromatic heterocycles. The zero-order valence-electron chi connectivity index (χ0n) is 26.4. The van der Waals surface area contributed by atoms with Crippen molar-refractivity contribution in [3.63, 3.8) is 0 Å². The second kappa shape index (κ2) is 20.7. The molecule has 0 bridgehead atoms. The number of carbonyl (C=O) groups excluding carboxylic acids is 6. The molecule has 0 aliphatic carbocycles. The number of unbranched alkanes of at least 4 members (excludes halogenated alkanes) is 1. The summed E-state index contributed by atoms with van der Waals surface area (Å²) in [5, 5.41) is 24.4. The van der Waals surface area contributed by atoms with E-state index in [1.807, 2.05) is 0 Å². The molecule has 1 fully saturated rings. The number of nitrogens with one attached hydrogen (secondary N) is 6. The topological polar surface area (TPSA) is 312 Å². The Labute approximate surface area is 276 Å². The summed E-state index contributed by atoms with van der Waals surface area (Å²) in [4.78, 5) is 97.7. The normalized spacial score (nSPS) is 20.8. The molecule has 1 aliphatic heterocycles. The van der Waals surface area contributed by atoms with Gasteiger partial charge in [-0.05, 0) is 37.7 Å². The second-order valence-corrected chi connectivity index (χ2v) is 10.9. The van der Waals surface area contributed by atoms with Gasteiger partial charge in [-0.3, -0.25) is 43.4 Å². The number of guanidine groups is 1. The largest absolute Gasteiger partial charge is 0.481 e. The van der Waals surface area contributed by atoms with Crippen LogP contribution in [0.5, 0.6) is 0 Å². The van der Waals surface area contributed by atoms with Crippen molar-refractivity contribution in [1.29, 1.82) is 0 Å². The van der Waals surface area contributed by atoms with Crippen LogP contribution in [-0.4, -0.2) is 103 Å². The van der Waals surface area contributed by atoms with Gasteiger partial charge in [0.15, 0.2) is 5.96 Å². The molecule has 19 nitrogen and oxygen atoms in total. The van der Waals surface area contributed by atoms with Gasteiger partial charge in [-0.25, -0.2) is 5.90 Å². The Morgan fingerprint density at radius 3 is 2.08 bits per heavy atom. The van der Waals surface area contributed by atoms with E-state index in [2.05, 4.69) is 41.7 Å². The number of amides is 6. The summed E-state index contributed by atoms with van der Waals surface area (Å²) in [6, 6.07) is 3.35. The quantitative estimate of drug-likeness (QED) is 0.0368. The summed E-state index contributed by atoms with van der Waals surface area (Å²) in [6.07, 6.45) is 0.245. The predicted octanol–water partition coefficient (Wildman–Crippen LogP) is -4.00. The monoisotopic (exact) mass is 676 g/mol. The van der Waals surface area contributed by atoms with Crippen molar-refractivity contribution in [3.8, 4) is 0 Å². The van der Waals surface area contributed by atoms with Crippen molar-refractivity contribution in [2.24, 2.45) is 22.4 Å². The maximum absolute atomic E-state index is 13.7. The van der Waals surface area contributed by atoms with Crippen LogP contribution in [-0.2, 0) is 44.8 Å². The van der Waals surface area contributed by atoms with Crippen LogP contribution in [0.15, 0.2) is 35.3 Å². The van der Waals surface area contributed by atoms with Gasteiger partial charge < -0.3 is 48.5 Å². The number of nitrogens with two attached hydrogens (primary N) is 3. The van der Waals surface area contributed by atoms with Crippen LogP contribution in [0.3, 0.4) is 0 Å². The smallest absolute Gasteiger partial charge is 0.305 e. The van der Waals surface area contributed by atoms with Gasteiger partial charge in [0.25, 0.3) is 0 Å². The number of aliphatic imine (C=N–C) groups is 1. The molecule has 2 rings (SSSR count). The first-order chi connectivity index (χ1) is 22.9. The number of aliphatic carboxylic acids is 1. The first-order valence-corrected chi connectivity index (χ1v) is 15.3. The number of benzene rings is 1. The Morgan fingerprint density at radius 1 is 0.833 bits per heavy atom. The average Bonchev–Trinajstić information content (AvgIpc) is 3.03. The maximum atomic E-state index is 13.7. The number of rotatable bonds is 15. The Bertz CT molecular complexity index is 1310. The van der Waals surface area contributed by atoms with Crippen LogP contribution in [0.1, 0.15) is 44.1 Å². The molecule has 4 atom stereocenters. The molecular weight excluding hydrogens is 632 g/mol. The van der Waals surface area contributed by atoms with Crippen molar-refractivity contribution in [2.45, 2.75) is 69.1 Å². The molecule has 0 unspecified atom stereocenters. The number of carboxylic acid groups (broad SMARTS) is 1. The fourth-order valence-corrected chi connectivity index (χ4v) is 4.67. The minimum absolute atomic E-state index is 0.0385. The number of hydrogen-bond donors (Lipinski definition) is 10. The second-order valence-electron chi connectivity index (χ2n) is 10.9. The maximum Gasteiger partial charge on any atom is 0.305 e.